The second kappa shape index (κ2) is 7.70. The summed E-state index contributed by atoms with van der Waals surface area (Å²) in [5, 5.41) is 9.72. The molecule has 134 valence electrons. The van der Waals surface area contributed by atoms with Crippen molar-refractivity contribution in [3.63, 3.8) is 0 Å². The second-order valence-electron chi connectivity index (χ2n) is 7.17. The molecular weight excluding hydrogens is 342 g/mol. The van der Waals surface area contributed by atoms with Crippen LogP contribution in [0.4, 0.5) is 0 Å². The van der Waals surface area contributed by atoms with Gasteiger partial charge in [-0.2, -0.15) is 5.10 Å². The van der Waals surface area contributed by atoms with Crippen LogP contribution in [-0.4, -0.2) is 21.2 Å². The summed E-state index contributed by atoms with van der Waals surface area (Å²) >= 11 is 1.64. The Bertz CT molecular complexity index is 887. The smallest absolute Gasteiger partial charge is 0.244 e. The molecule has 4 nitrogen and oxygen atoms in total. The van der Waals surface area contributed by atoms with E-state index in [4.69, 9.17) is 5.10 Å². The molecular formula is C21H23N3OS. The number of thiophene rings is 1. The van der Waals surface area contributed by atoms with Crippen LogP contribution in [0, 0.1) is 0 Å². The summed E-state index contributed by atoms with van der Waals surface area (Å²) in [6, 6.07) is 14.3. The Hall–Kier alpha value is -2.66. The van der Waals surface area contributed by atoms with Crippen LogP contribution in [0.25, 0.3) is 16.6 Å². The molecule has 0 atom stereocenters. The summed E-state index contributed by atoms with van der Waals surface area (Å²) in [6.07, 6.45) is 5.40. The molecule has 0 bridgehead atoms. The fourth-order valence-electron chi connectivity index (χ4n) is 2.59. The van der Waals surface area contributed by atoms with Crippen molar-refractivity contribution in [2.24, 2.45) is 0 Å². The highest BCUT2D eigenvalue weighted by molar-refractivity contribution is 7.13. The van der Waals surface area contributed by atoms with Gasteiger partial charge >= 0.3 is 0 Å². The zero-order valence-corrected chi connectivity index (χ0v) is 16.1. The lowest BCUT2D eigenvalue weighted by molar-refractivity contribution is -0.117. The van der Waals surface area contributed by atoms with Gasteiger partial charge in [-0.3, -0.25) is 9.48 Å². The fourth-order valence-corrected chi connectivity index (χ4v) is 3.32. The molecule has 0 radical (unpaired) electrons. The first-order chi connectivity index (χ1) is 12.4. The standard InChI is InChI=1S/C21H23N3OS/c1-21(2,3)22-19(25)12-11-17-15-24(14-16-8-5-4-6-9-16)23-20(17)18-10-7-13-26-18/h4-13,15H,14H2,1-3H3,(H,22,25)/b12-11+. The van der Waals surface area contributed by atoms with Crippen molar-refractivity contribution in [3.05, 3.63) is 71.2 Å². The third-order valence-electron chi connectivity index (χ3n) is 3.64. The highest BCUT2D eigenvalue weighted by Crippen LogP contribution is 2.27. The number of benzene rings is 1. The number of hydrogen-bond donors (Lipinski definition) is 1. The van der Waals surface area contributed by atoms with Crippen LogP contribution in [0.2, 0.25) is 0 Å². The molecule has 26 heavy (non-hydrogen) atoms. The van der Waals surface area contributed by atoms with Crippen LogP contribution in [0.5, 0.6) is 0 Å². The van der Waals surface area contributed by atoms with Gasteiger partial charge in [0.1, 0.15) is 5.69 Å². The summed E-state index contributed by atoms with van der Waals surface area (Å²) < 4.78 is 1.92. The zero-order valence-electron chi connectivity index (χ0n) is 15.3. The molecule has 0 aliphatic carbocycles. The van der Waals surface area contributed by atoms with E-state index in [1.807, 2.05) is 73.4 Å². The SMILES string of the molecule is CC(C)(C)NC(=O)/C=C/c1cn(Cc2ccccc2)nc1-c1cccs1. The molecule has 0 saturated carbocycles. The van der Waals surface area contributed by atoms with Crippen molar-refractivity contribution in [2.75, 3.05) is 0 Å². The van der Waals surface area contributed by atoms with E-state index in [1.165, 1.54) is 5.56 Å². The Labute approximate surface area is 158 Å². The summed E-state index contributed by atoms with van der Waals surface area (Å²) in [5.74, 6) is -0.106. The van der Waals surface area contributed by atoms with E-state index < -0.39 is 0 Å². The van der Waals surface area contributed by atoms with Crippen molar-refractivity contribution in [3.8, 4) is 10.6 Å². The molecule has 0 aliphatic heterocycles. The lowest BCUT2D eigenvalue weighted by Crippen LogP contribution is -2.39. The van der Waals surface area contributed by atoms with Gasteiger partial charge in [0.2, 0.25) is 5.91 Å². The van der Waals surface area contributed by atoms with Gasteiger partial charge in [-0.15, -0.1) is 11.3 Å². The van der Waals surface area contributed by atoms with Crippen LogP contribution < -0.4 is 5.32 Å². The molecule has 0 aliphatic rings. The summed E-state index contributed by atoms with van der Waals surface area (Å²) in [7, 11) is 0. The van der Waals surface area contributed by atoms with E-state index in [2.05, 4.69) is 17.4 Å². The van der Waals surface area contributed by atoms with Gasteiger partial charge in [-0.1, -0.05) is 36.4 Å². The van der Waals surface area contributed by atoms with Gasteiger partial charge in [-0.05, 0) is 43.9 Å². The van der Waals surface area contributed by atoms with Crippen LogP contribution in [0.1, 0.15) is 31.9 Å². The fraction of sp³-hybridized carbons (Fsp3) is 0.238. The maximum Gasteiger partial charge on any atom is 0.244 e. The minimum atomic E-state index is -0.254. The lowest BCUT2D eigenvalue weighted by Gasteiger charge is -2.18. The number of carbonyl (C=O) groups is 1. The van der Waals surface area contributed by atoms with Gasteiger partial charge in [-0.25, -0.2) is 0 Å². The molecule has 0 fully saturated rings. The number of amides is 1. The summed E-state index contributed by atoms with van der Waals surface area (Å²) in [6.45, 7) is 6.59. The maximum atomic E-state index is 12.1. The Kier molecular flexibility index (Phi) is 5.38. The molecule has 3 aromatic rings. The number of rotatable bonds is 5. The molecule has 5 heteroatoms. The van der Waals surface area contributed by atoms with Crippen LogP contribution >= 0.6 is 11.3 Å². The lowest BCUT2D eigenvalue weighted by atomic mass is 10.1. The second-order valence-corrected chi connectivity index (χ2v) is 8.11. The molecule has 1 aromatic carbocycles. The van der Waals surface area contributed by atoms with E-state index in [1.54, 1.807) is 17.4 Å². The zero-order chi connectivity index (χ0) is 18.6. The van der Waals surface area contributed by atoms with Gasteiger partial charge in [0.05, 0.1) is 11.4 Å². The molecule has 1 N–H and O–H groups in total. The van der Waals surface area contributed by atoms with Gasteiger partial charge in [0.15, 0.2) is 0 Å². The first-order valence-electron chi connectivity index (χ1n) is 8.56. The van der Waals surface area contributed by atoms with Gasteiger partial charge < -0.3 is 5.32 Å². The molecule has 0 saturated heterocycles. The number of nitrogens with zero attached hydrogens (tertiary/aromatic N) is 2. The average molecular weight is 366 g/mol. The highest BCUT2D eigenvalue weighted by Gasteiger charge is 2.13. The Morgan fingerprint density at radius 3 is 2.62 bits per heavy atom. The Morgan fingerprint density at radius 2 is 1.96 bits per heavy atom. The highest BCUT2D eigenvalue weighted by atomic mass is 32.1. The quantitative estimate of drug-likeness (QED) is 0.672. The third kappa shape index (κ3) is 4.92. The van der Waals surface area contributed by atoms with E-state index >= 15 is 0 Å². The normalized spacial score (nSPS) is 11.8. The summed E-state index contributed by atoms with van der Waals surface area (Å²) in [4.78, 5) is 13.2. The molecule has 1 amide bonds. The first kappa shape index (κ1) is 18.1. The van der Waals surface area contributed by atoms with E-state index in [-0.39, 0.29) is 11.4 Å². The molecule has 2 heterocycles. The minimum absolute atomic E-state index is 0.106. The van der Waals surface area contributed by atoms with E-state index in [9.17, 15) is 4.79 Å². The van der Waals surface area contributed by atoms with Gasteiger partial charge in [0, 0.05) is 23.4 Å². The molecule has 0 unspecified atom stereocenters. The number of carbonyl (C=O) groups excluding carboxylic acids is 1. The van der Waals surface area contributed by atoms with Gasteiger partial charge in [0.25, 0.3) is 0 Å². The van der Waals surface area contributed by atoms with Crippen molar-refractivity contribution in [1.29, 1.82) is 0 Å². The van der Waals surface area contributed by atoms with Crippen LogP contribution in [-0.2, 0) is 11.3 Å². The molecule has 0 spiro atoms. The minimum Gasteiger partial charge on any atom is -0.348 e. The predicted molar refractivity (Wildman–Crippen MR) is 108 cm³/mol. The topological polar surface area (TPSA) is 46.9 Å². The Morgan fingerprint density at radius 1 is 1.19 bits per heavy atom. The number of aromatic nitrogens is 2. The van der Waals surface area contributed by atoms with Crippen LogP contribution in [0.15, 0.2) is 60.1 Å². The number of nitrogens with one attached hydrogen (secondary N) is 1. The van der Waals surface area contributed by atoms with E-state index in [0.717, 1.165) is 16.1 Å². The first-order valence-corrected chi connectivity index (χ1v) is 9.44. The average Bonchev–Trinajstić information content (AvgIpc) is 3.21. The summed E-state index contributed by atoms with van der Waals surface area (Å²) in [5.41, 5.74) is 2.77. The predicted octanol–water partition coefficient (Wildman–Crippen LogP) is 4.59. The monoisotopic (exact) mass is 365 g/mol. The van der Waals surface area contributed by atoms with Crippen LogP contribution in [0.3, 0.4) is 0 Å². The van der Waals surface area contributed by atoms with Crippen molar-refractivity contribution < 1.29 is 4.79 Å². The Balaban J connectivity index is 1.86. The molecule has 3 rings (SSSR count). The number of hydrogen-bond acceptors (Lipinski definition) is 3. The van der Waals surface area contributed by atoms with E-state index in [0.29, 0.717) is 6.54 Å². The largest absolute Gasteiger partial charge is 0.348 e. The van der Waals surface area contributed by atoms with Crippen molar-refractivity contribution in [2.45, 2.75) is 32.9 Å². The van der Waals surface area contributed by atoms with Crippen molar-refractivity contribution in [1.82, 2.24) is 15.1 Å². The molecule has 2 aromatic heterocycles. The third-order valence-corrected chi connectivity index (χ3v) is 4.52. The van der Waals surface area contributed by atoms with Crippen molar-refractivity contribution >= 4 is 23.3 Å². The maximum absolute atomic E-state index is 12.1.